The third-order valence-electron chi connectivity index (χ3n) is 6.98. The first-order valence-corrected chi connectivity index (χ1v) is 16.0. The molecule has 246 valence electrons. The molecule has 0 bridgehead atoms. The average molecular weight is 618 g/mol. The monoisotopic (exact) mass is 617 g/mol. The summed E-state index contributed by atoms with van der Waals surface area (Å²) in [7, 11) is 6.34. The number of H-pyrrole nitrogens is 1. The molecule has 3 aromatic rings. The van der Waals surface area contributed by atoms with Crippen LogP contribution in [0.5, 0.6) is 0 Å². The first kappa shape index (κ1) is 37.2. The number of aromatic nitrogens is 4. The lowest BCUT2D eigenvalue weighted by molar-refractivity contribution is -0.138. The van der Waals surface area contributed by atoms with Crippen LogP contribution in [0.15, 0.2) is 67.3 Å². The van der Waals surface area contributed by atoms with Gasteiger partial charge in [-0.1, -0.05) is 45.6 Å². The molecule has 0 atom stereocenters. The molecule has 0 radical (unpaired) electrons. The number of likely N-dealkylation sites (N-methyl/N-ethyl adjacent to an activating group) is 2. The van der Waals surface area contributed by atoms with Crippen molar-refractivity contribution in [1.82, 2.24) is 29.3 Å². The molecule has 0 aliphatic carbocycles. The Labute approximate surface area is 270 Å². The van der Waals surface area contributed by atoms with Crippen LogP contribution < -0.4 is 5.32 Å². The fraction of sp³-hybridized carbons (Fsp3) is 0.472. The number of rotatable bonds is 12. The smallest absolute Gasteiger partial charge is 0.293 e. The molecule has 9 heteroatoms. The summed E-state index contributed by atoms with van der Waals surface area (Å²) in [6.07, 6.45) is 17.4. The minimum atomic E-state index is -0.318. The number of hydrogen-bond donors (Lipinski definition) is 2. The van der Waals surface area contributed by atoms with E-state index in [0.29, 0.717) is 6.47 Å². The van der Waals surface area contributed by atoms with Crippen LogP contribution in [0, 0.1) is 0 Å². The Morgan fingerprint density at radius 3 is 2.58 bits per heavy atom. The highest BCUT2D eigenvalue weighted by atomic mass is 16.5. The Morgan fingerprint density at radius 1 is 1.22 bits per heavy atom. The van der Waals surface area contributed by atoms with Crippen molar-refractivity contribution in [2.24, 2.45) is 0 Å². The molecule has 0 saturated carbocycles. The van der Waals surface area contributed by atoms with Crippen LogP contribution in [0.1, 0.15) is 72.3 Å². The van der Waals surface area contributed by atoms with Crippen LogP contribution in [0.25, 0.3) is 22.2 Å². The largest absolute Gasteiger partial charge is 0.462 e. The number of imidazole rings is 1. The Morgan fingerprint density at radius 2 is 1.98 bits per heavy atom. The molecule has 45 heavy (non-hydrogen) atoms. The Hall–Kier alpha value is -3.95. The molecule has 4 rings (SSSR count). The molecule has 0 amide bonds. The first-order chi connectivity index (χ1) is 21.5. The average Bonchev–Trinajstić information content (AvgIpc) is 3.65. The van der Waals surface area contributed by atoms with Crippen molar-refractivity contribution in [1.29, 1.82) is 0 Å². The highest BCUT2D eigenvalue weighted by Gasteiger charge is 2.14. The number of fused-ring (bicyclic) bond motifs is 1. The number of anilines is 1. The summed E-state index contributed by atoms with van der Waals surface area (Å²) in [5.41, 5.74) is 6.22. The van der Waals surface area contributed by atoms with Gasteiger partial charge in [0, 0.05) is 61.5 Å². The van der Waals surface area contributed by atoms with E-state index in [4.69, 9.17) is 0 Å². The number of nitrogens with one attached hydrogen (secondary N) is 2. The second-order valence-corrected chi connectivity index (χ2v) is 12.0. The maximum absolute atomic E-state index is 9.60. The second kappa shape index (κ2) is 18.8. The predicted molar refractivity (Wildman–Crippen MR) is 190 cm³/mol. The second-order valence-electron chi connectivity index (χ2n) is 12.0. The van der Waals surface area contributed by atoms with Crippen molar-refractivity contribution in [3.8, 4) is 0 Å². The van der Waals surface area contributed by atoms with E-state index in [2.05, 4.69) is 105 Å². The van der Waals surface area contributed by atoms with Crippen LogP contribution in [-0.2, 0) is 16.1 Å². The fourth-order valence-corrected chi connectivity index (χ4v) is 4.58. The van der Waals surface area contributed by atoms with Gasteiger partial charge in [-0.05, 0) is 90.5 Å². The molecule has 0 aromatic carbocycles. The van der Waals surface area contributed by atoms with Gasteiger partial charge in [-0.15, -0.1) is 0 Å². The van der Waals surface area contributed by atoms with Crippen molar-refractivity contribution in [3.05, 3.63) is 78.8 Å². The predicted octanol–water partition coefficient (Wildman–Crippen LogP) is 7.39. The quantitative estimate of drug-likeness (QED) is 0.162. The van der Waals surface area contributed by atoms with Crippen molar-refractivity contribution in [2.45, 2.75) is 73.0 Å². The molecule has 1 aliphatic heterocycles. The molecule has 0 saturated heterocycles. The zero-order valence-electron chi connectivity index (χ0n) is 29.0. The third kappa shape index (κ3) is 12.5. The SMILES string of the molecule is C=C(C=CC/C=C(\CC)c1nccn1CCN(C)C)Nc1ccnc2[nH]c(C3=CCN(C)CC3)cc12.CC.CC(C)(C)OC=O. The van der Waals surface area contributed by atoms with Gasteiger partial charge in [0.2, 0.25) is 0 Å². The fourth-order valence-electron chi connectivity index (χ4n) is 4.58. The van der Waals surface area contributed by atoms with Gasteiger partial charge < -0.3 is 29.4 Å². The number of nitrogens with zero attached hydrogens (tertiary/aromatic N) is 5. The molecule has 3 aromatic heterocycles. The Kier molecular flexibility index (Phi) is 15.5. The van der Waals surface area contributed by atoms with E-state index in [1.165, 1.54) is 11.1 Å². The Balaban J connectivity index is 0.000000692. The van der Waals surface area contributed by atoms with Crippen LogP contribution in [0.4, 0.5) is 5.69 Å². The van der Waals surface area contributed by atoms with Gasteiger partial charge >= 0.3 is 0 Å². The summed E-state index contributed by atoms with van der Waals surface area (Å²) in [6.45, 7) is 20.3. The number of allylic oxidation sites excluding steroid dienone is 4. The van der Waals surface area contributed by atoms with Gasteiger partial charge in [-0.25, -0.2) is 9.97 Å². The van der Waals surface area contributed by atoms with Crippen molar-refractivity contribution < 1.29 is 9.53 Å². The lowest BCUT2D eigenvalue weighted by atomic mass is 10.1. The molecule has 0 spiro atoms. The van der Waals surface area contributed by atoms with Gasteiger partial charge in [0.15, 0.2) is 0 Å². The van der Waals surface area contributed by atoms with E-state index in [-0.39, 0.29) is 5.60 Å². The van der Waals surface area contributed by atoms with E-state index in [0.717, 1.165) is 79.4 Å². The maximum atomic E-state index is 9.60. The molecule has 0 unspecified atom stereocenters. The Bertz CT molecular complexity index is 1440. The van der Waals surface area contributed by atoms with E-state index in [9.17, 15) is 4.79 Å². The molecule has 9 nitrogen and oxygen atoms in total. The molecule has 4 heterocycles. The van der Waals surface area contributed by atoms with E-state index >= 15 is 0 Å². The van der Waals surface area contributed by atoms with E-state index < -0.39 is 0 Å². The number of carbonyl (C=O) groups is 1. The van der Waals surface area contributed by atoms with Gasteiger partial charge in [-0.2, -0.15) is 0 Å². The lowest BCUT2D eigenvalue weighted by Crippen LogP contribution is -2.23. The van der Waals surface area contributed by atoms with Crippen LogP contribution in [-0.4, -0.2) is 82.2 Å². The molecule has 1 aliphatic rings. The van der Waals surface area contributed by atoms with Gasteiger partial charge in [-0.3, -0.25) is 4.79 Å². The number of ether oxygens (including phenoxy) is 1. The highest BCUT2D eigenvalue weighted by molar-refractivity contribution is 5.93. The van der Waals surface area contributed by atoms with Crippen LogP contribution in [0.3, 0.4) is 0 Å². The highest BCUT2D eigenvalue weighted by Crippen LogP contribution is 2.29. The van der Waals surface area contributed by atoms with Gasteiger partial charge in [0.25, 0.3) is 6.47 Å². The number of pyridine rings is 1. The van der Waals surface area contributed by atoms with Gasteiger partial charge in [0.05, 0.1) is 5.69 Å². The van der Waals surface area contributed by atoms with Gasteiger partial charge in [0.1, 0.15) is 17.1 Å². The molecule has 2 N–H and O–H groups in total. The zero-order chi connectivity index (χ0) is 33.4. The standard InChI is InChI=1S/C29H39N7.C5H10O2.C2H6/c1-6-23(29-31-15-18-36(29)20-19-34(3)4)10-8-7-9-22(2)32-26-11-14-30-28-25(26)21-27(33-28)24-12-16-35(5)17-13-24;1-5(2,3)7-4-6;1-2/h7,9-12,14-15,18,21H,2,6,8,13,16-17,19-20H2,1,3-5H3,(H2,30,32,33);4H,1-3H3;1-2H3/b9-7?,23-10+;;. The summed E-state index contributed by atoms with van der Waals surface area (Å²) in [4.78, 5) is 26.8. The van der Waals surface area contributed by atoms with Crippen molar-refractivity contribution in [3.63, 3.8) is 0 Å². The molecular formula is C36H55N7O2. The summed E-state index contributed by atoms with van der Waals surface area (Å²) in [6, 6.07) is 4.21. The summed E-state index contributed by atoms with van der Waals surface area (Å²) in [5, 5.41) is 4.55. The van der Waals surface area contributed by atoms with E-state index in [1.807, 2.05) is 59.2 Å². The minimum Gasteiger partial charge on any atom is -0.462 e. The zero-order valence-corrected chi connectivity index (χ0v) is 29.0. The minimum absolute atomic E-state index is 0.318. The lowest BCUT2D eigenvalue weighted by Gasteiger charge is -2.21. The number of aromatic amines is 1. The maximum Gasteiger partial charge on any atom is 0.293 e. The van der Waals surface area contributed by atoms with Crippen molar-refractivity contribution >= 4 is 34.3 Å². The third-order valence-corrected chi connectivity index (χ3v) is 6.98. The topological polar surface area (TPSA) is 91.3 Å². The summed E-state index contributed by atoms with van der Waals surface area (Å²) in [5.74, 6) is 1.06. The normalized spacial score (nSPS) is 14.0. The van der Waals surface area contributed by atoms with Crippen molar-refractivity contribution in [2.75, 3.05) is 46.1 Å². The van der Waals surface area contributed by atoms with Crippen LogP contribution >= 0.6 is 0 Å². The van der Waals surface area contributed by atoms with Crippen LogP contribution in [0.2, 0.25) is 0 Å². The summed E-state index contributed by atoms with van der Waals surface area (Å²) >= 11 is 0. The summed E-state index contributed by atoms with van der Waals surface area (Å²) < 4.78 is 6.79. The molecule has 0 fully saturated rings. The molecular weight excluding hydrogens is 562 g/mol. The number of carbonyl (C=O) groups excluding carboxylic acids is 1. The number of hydrogen-bond acceptors (Lipinski definition) is 7. The first-order valence-electron chi connectivity index (χ1n) is 16.0. The van der Waals surface area contributed by atoms with E-state index in [1.54, 1.807) is 0 Å².